The molecule has 1 aliphatic rings. The molecule has 0 saturated carbocycles. The van der Waals surface area contributed by atoms with Crippen molar-refractivity contribution in [1.82, 2.24) is 5.32 Å². The standard InChI is InChI=1S/C18H29NO2/c1-3-11-19-15(2)14-16-6-8-18(9-7-16)21-13-10-17-5-4-12-20-17/h6-9,15,17,19H,3-5,10-14H2,1-2H3. The molecule has 2 unspecified atom stereocenters. The van der Waals surface area contributed by atoms with Gasteiger partial charge in [0.1, 0.15) is 5.75 Å². The average Bonchev–Trinajstić information content (AvgIpc) is 3.00. The van der Waals surface area contributed by atoms with Crippen LogP contribution in [0.5, 0.6) is 5.75 Å². The molecule has 1 N–H and O–H groups in total. The Morgan fingerprint density at radius 3 is 2.81 bits per heavy atom. The van der Waals surface area contributed by atoms with E-state index >= 15 is 0 Å². The Morgan fingerprint density at radius 1 is 1.33 bits per heavy atom. The first-order valence-corrected chi connectivity index (χ1v) is 8.34. The third-order valence-corrected chi connectivity index (χ3v) is 3.94. The van der Waals surface area contributed by atoms with Crippen LogP contribution in [0.2, 0.25) is 0 Å². The summed E-state index contributed by atoms with van der Waals surface area (Å²) < 4.78 is 11.4. The topological polar surface area (TPSA) is 30.5 Å². The highest BCUT2D eigenvalue weighted by Crippen LogP contribution is 2.17. The molecule has 2 atom stereocenters. The van der Waals surface area contributed by atoms with Gasteiger partial charge in [0.15, 0.2) is 0 Å². The van der Waals surface area contributed by atoms with Crippen LogP contribution in [0.15, 0.2) is 24.3 Å². The maximum Gasteiger partial charge on any atom is 0.119 e. The lowest BCUT2D eigenvalue weighted by atomic mass is 10.1. The summed E-state index contributed by atoms with van der Waals surface area (Å²) >= 11 is 0. The third-order valence-electron chi connectivity index (χ3n) is 3.94. The van der Waals surface area contributed by atoms with Crippen LogP contribution in [-0.2, 0) is 11.2 Å². The van der Waals surface area contributed by atoms with Gasteiger partial charge < -0.3 is 14.8 Å². The fraction of sp³-hybridized carbons (Fsp3) is 0.667. The minimum atomic E-state index is 0.412. The Kier molecular flexibility index (Phi) is 7.04. The van der Waals surface area contributed by atoms with Crippen LogP contribution in [-0.4, -0.2) is 31.9 Å². The first kappa shape index (κ1) is 16.3. The van der Waals surface area contributed by atoms with E-state index in [2.05, 4.69) is 43.4 Å². The van der Waals surface area contributed by atoms with E-state index < -0.39 is 0 Å². The van der Waals surface area contributed by atoms with Crippen LogP contribution >= 0.6 is 0 Å². The summed E-state index contributed by atoms with van der Waals surface area (Å²) in [6.45, 7) is 7.19. The summed E-state index contributed by atoms with van der Waals surface area (Å²) in [5, 5.41) is 3.52. The molecular weight excluding hydrogens is 262 g/mol. The molecule has 3 nitrogen and oxygen atoms in total. The van der Waals surface area contributed by atoms with Crippen LogP contribution in [0.1, 0.15) is 45.1 Å². The molecule has 1 heterocycles. The molecule has 0 aromatic heterocycles. The molecule has 1 fully saturated rings. The zero-order valence-corrected chi connectivity index (χ0v) is 13.4. The van der Waals surface area contributed by atoms with E-state index in [0.29, 0.717) is 12.1 Å². The van der Waals surface area contributed by atoms with Crippen LogP contribution in [0.4, 0.5) is 0 Å². The molecule has 118 valence electrons. The average molecular weight is 291 g/mol. The van der Waals surface area contributed by atoms with Gasteiger partial charge in [-0.1, -0.05) is 19.1 Å². The maximum absolute atomic E-state index is 5.80. The van der Waals surface area contributed by atoms with E-state index in [0.717, 1.165) is 38.3 Å². The van der Waals surface area contributed by atoms with E-state index in [-0.39, 0.29) is 0 Å². The Hall–Kier alpha value is -1.06. The molecule has 0 spiro atoms. The van der Waals surface area contributed by atoms with Crippen molar-refractivity contribution in [2.24, 2.45) is 0 Å². The van der Waals surface area contributed by atoms with E-state index in [1.54, 1.807) is 0 Å². The predicted octanol–water partition coefficient (Wildman–Crippen LogP) is 3.57. The number of hydrogen-bond donors (Lipinski definition) is 1. The van der Waals surface area contributed by atoms with Gasteiger partial charge in [-0.25, -0.2) is 0 Å². The molecule has 0 amide bonds. The van der Waals surface area contributed by atoms with E-state index in [1.807, 2.05) is 0 Å². The number of ether oxygens (including phenoxy) is 2. The molecule has 1 aliphatic heterocycles. The SMILES string of the molecule is CCCNC(C)Cc1ccc(OCCC2CCCO2)cc1. The van der Waals surface area contributed by atoms with Crippen LogP contribution < -0.4 is 10.1 Å². The normalized spacial score (nSPS) is 19.6. The molecule has 2 rings (SSSR count). The first-order chi connectivity index (χ1) is 10.3. The highest BCUT2D eigenvalue weighted by molar-refractivity contribution is 5.27. The zero-order valence-electron chi connectivity index (χ0n) is 13.4. The summed E-state index contributed by atoms with van der Waals surface area (Å²) in [5.74, 6) is 0.964. The second-order valence-electron chi connectivity index (χ2n) is 5.98. The lowest BCUT2D eigenvalue weighted by molar-refractivity contribution is 0.0903. The van der Waals surface area contributed by atoms with Crippen molar-refractivity contribution in [3.63, 3.8) is 0 Å². The highest BCUT2D eigenvalue weighted by atomic mass is 16.5. The van der Waals surface area contributed by atoms with Gasteiger partial charge in [-0.2, -0.15) is 0 Å². The first-order valence-electron chi connectivity index (χ1n) is 8.34. The van der Waals surface area contributed by atoms with Gasteiger partial charge >= 0.3 is 0 Å². The summed E-state index contributed by atoms with van der Waals surface area (Å²) in [5.41, 5.74) is 1.36. The van der Waals surface area contributed by atoms with Gasteiger partial charge in [-0.15, -0.1) is 0 Å². The smallest absolute Gasteiger partial charge is 0.119 e. The predicted molar refractivity (Wildman–Crippen MR) is 87.0 cm³/mol. The van der Waals surface area contributed by atoms with Crippen molar-refractivity contribution in [1.29, 1.82) is 0 Å². The number of hydrogen-bond acceptors (Lipinski definition) is 3. The van der Waals surface area contributed by atoms with Crippen molar-refractivity contribution < 1.29 is 9.47 Å². The second kappa shape index (κ2) is 9.06. The zero-order chi connectivity index (χ0) is 14.9. The van der Waals surface area contributed by atoms with Gasteiger partial charge in [-0.3, -0.25) is 0 Å². The Labute approximate surface area is 129 Å². The Morgan fingerprint density at radius 2 is 2.14 bits per heavy atom. The van der Waals surface area contributed by atoms with Gasteiger partial charge in [0, 0.05) is 19.1 Å². The fourth-order valence-electron chi connectivity index (χ4n) is 2.72. The van der Waals surface area contributed by atoms with Gasteiger partial charge in [0.25, 0.3) is 0 Å². The van der Waals surface area contributed by atoms with Gasteiger partial charge in [0.2, 0.25) is 0 Å². The monoisotopic (exact) mass is 291 g/mol. The van der Waals surface area contributed by atoms with Crippen LogP contribution in [0.3, 0.4) is 0 Å². The highest BCUT2D eigenvalue weighted by Gasteiger charge is 2.14. The molecular formula is C18H29NO2. The van der Waals surface area contributed by atoms with E-state index in [9.17, 15) is 0 Å². The van der Waals surface area contributed by atoms with Crippen molar-refractivity contribution in [2.75, 3.05) is 19.8 Å². The molecule has 0 bridgehead atoms. The quantitative estimate of drug-likeness (QED) is 0.754. The third kappa shape index (κ3) is 6.06. The Balaban J connectivity index is 1.68. The fourth-order valence-corrected chi connectivity index (χ4v) is 2.72. The van der Waals surface area contributed by atoms with Gasteiger partial charge in [-0.05, 0) is 56.8 Å². The largest absolute Gasteiger partial charge is 0.493 e. The molecule has 1 aromatic rings. The van der Waals surface area contributed by atoms with Crippen molar-refractivity contribution >= 4 is 0 Å². The van der Waals surface area contributed by atoms with E-state index in [1.165, 1.54) is 24.8 Å². The van der Waals surface area contributed by atoms with Crippen LogP contribution in [0, 0.1) is 0 Å². The van der Waals surface area contributed by atoms with E-state index in [4.69, 9.17) is 9.47 Å². The number of benzene rings is 1. The molecule has 21 heavy (non-hydrogen) atoms. The van der Waals surface area contributed by atoms with Gasteiger partial charge in [0.05, 0.1) is 12.7 Å². The number of nitrogens with one attached hydrogen (secondary N) is 1. The minimum Gasteiger partial charge on any atom is -0.493 e. The summed E-state index contributed by atoms with van der Waals surface area (Å²) in [4.78, 5) is 0. The molecule has 3 heteroatoms. The second-order valence-corrected chi connectivity index (χ2v) is 5.98. The minimum absolute atomic E-state index is 0.412. The molecule has 0 radical (unpaired) electrons. The molecule has 1 saturated heterocycles. The van der Waals surface area contributed by atoms with Crippen molar-refractivity contribution in [2.45, 2.75) is 58.1 Å². The molecule has 0 aliphatic carbocycles. The summed E-state index contributed by atoms with van der Waals surface area (Å²) in [7, 11) is 0. The van der Waals surface area contributed by atoms with Crippen molar-refractivity contribution in [3.05, 3.63) is 29.8 Å². The Bertz CT molecular complexity index is 385. The van der Waals surface area contributed by atoms with Crippen molar-refractivity contribution in [3.8, 4) is 5.75 Å². The summed E-state index contributed by atoms with van der Waals surface area (Å²) in [6, 6.07) is 9.03. The van der Waals surface area contributed by atoms with Crippen LogP contribution in [0.25, 0.3) is 0 Å². The summed E-state index contributed by atoms with van der Waals surface area (Å²) in [6.07, 6.45) is 6.04. The lowest BCUT2D eigenvalue weighted by Gasteiger charge is -2.14. The lowest BCUT2D eigenvalue weighted by Crippen LogP contribution is -2.28. The maximum atomic E-state index is 5.80. The molecule has 1 aromatic carbocycles. The number of rotatable bonds is 9.